The van der Waals surface area contributed by atoms with Crippen LogP contribution in [0.2, 0.25) is 0 Å². The van der Waals surface area contributed by atoms with Crippen molar-refractivity contribution in [1.82, 2.24) is 0 Å². The first kappa shape index (κ1) is 37.2. The molecule has 0 amide bonds. The van der Waals surface area contributed by atoms with Crippen molar-refractivity contribution in [3.05, 3.63) is 35.9 Å². The Hall–Kier alpha value is -1.86. The predicted octanol–water partition coefficient (Wildman–Crippen LogP) is 5.73. The summed E-state index contributed by atoms with van der Waals surface area (Å²) in [6.07, 6.45) is 13.4. The van der Waals surface area contributed by atoms with Gasteiger partial charge in [-0.3, -0.25) is 4.79 Å². The van der Waals surface area contributed by atoms with Crippen LogP contribution in [-0.2, 0) is 0 Å². The minimum Gasteiger partial charge on any atom is -0.496 e. The summed E-state index contributed by atoms with van der Waals surface area (Å²) < 4.78 is 29.9. The maximum Gasteiger partial charge on any atom is 1.00 e. The van der Waals surface area contributed by atoms with Crippen molar-refractivity contribution in [1.29, 1.82) is 0 Å². The molecule has 2 rings (SSSR count). The molecule has 0 aliphatic carbocycles. The van der Waals surface area contributed by atoms with E-state index in [1.54, 1.807) is 26.4 Å². The zero-order valence-corrected chi connectivity index (χ0v) is 27.4. The third-order valence-corrected chi connectivity index (χ3v) is 7.93. The Balaban J connectivity index is 0.00000840. The Morgan fingerprint density at radius 2 is 1.07 bits per heavy atom. The monoisotopic (exact) mass is 581 g/mol. The van der Waals surface area contributed by atoms with Crippen LogP contribution in [0, 0.1) is 0 Å². The zero-order valence-electron chi connectivity index (χ0n) is 26.4. The maximum atomic E-state index is 13.8. The summed E-state index contributed by atoms with van der Waals surface area (Å²) in [5.74, 6) is 3.03. The topological polar surface area (TPSA) is 63.2 Å². The van der Waals surface area contributed by atoms with Crippen LogP contribution in [0.25, 0.3) is 0 Å². The molecule has 0 radical (unpaired) electrons. The van der Waals surface area contributed by atoms with E-state index in [4.69, 9.17) is 23.7 Å². The maximum absolute atomic E-state index is 13.8. The van der Waals surface area contributed by atoms with Gasteiger partial charge in [-0.2, -0.15) is 0 Å². The average Bonchev–Trinajstić information content (AvgIpc) is 2.97. The van der Waals surface area contributed by atoms with Gasteiger partial charge < -0.3 is 23.7 Å². The fourth-order valence-corrected chi connectivity index (χ4v) is 5.53. The van der Waals surface area contributed by atoms with Crippen molar-refractivity contribution in [2.75, 3.05) is 34.0 Å². The largest absolute Gasteiger partial charge is 1.00 e. The van der Waals surface area contributed by atoms with Crippen molar-refractivity contribution in [3.8, 4) is 28.7 Å². The summed E-state index contributed by atoms with van der Waals surface area (Å²) in [5, 5.41) is 0.766. The van der Waals surface area contributed by atoms with Gasteiger partial charge in [0.1, 0.15) is 34.3 Å². The van der Waals surface area contributed by atoms with E-state index in [9.17, 15) is 4.79 Å². The normalized spacial score (nSPS) is 10.9. The molecule has 224 valence electrons. The van der Waals surface area contributed by atoms with Crippen LogP contribution in [0.1, 0.15) is 108 Å². The van der Waals surface area contributed by atoms with Crippen molar-refractivity contribution in [2.24, 2.45) is 0 Å². The number of carbonyl (C=O) groups excluding carboxylic acids is 1. The van der Waals surface area contributed by atoms with E-state index in [-0.39, 0.29) is 33.0 Å². The molecule has 0 aromatic heterocycles. The Morgan fingerprint density at radius 3 is 1.49 bits per heavy atom. The Kier molecular flexibility index (Phi) is 20.6. The fraction of sp³-hybridized carbons (Fsp3) is 0.606. The van der Waals surface area contributed by atoms with Crippen molar-refractivity contribution >= 4 is 19.4 Å². The van der Waals surface area contributed by atoms with Crippen LogP contribution >= 0.6 is 8.58 Å². The van der Waals surface area contributed by atoms with Gasteiger partial charge in [0.15, 0.2) is 5.52 Å². The molecule has 0 N–H and O–H groups in total. The number of carbonyl (C=O) groups is 1. The van der Waals surface area contributed by atoms with Crippen LogP contribution in [0.5, 0.6) is 28.7 Å². The quantitative estimate of drug-likeness (QED) is 0.0949. The molecule has 2 aromatic carbocycles. The van der Waals surface area contributed by atoms with Gasteiger partial charge in [-0.05, 0) is 40.0 Å². The molecule has 0 fully saturated rings. The molecule has 1 atom stereocenters. The molecule has 2 aromatic rings. The van der Waals surface area contributed by atoms with Gasteiger partial charge in [-0.1, -0.05) is 84.6 Å². The minimum atomic E-state index is -0.229. The SMILES string of the molecule is CCCCCCOc1cc(OCCCCCC)c(PC(=O)c2c(OC)cccc2OC)c(OCCCCCC)c1.[Li+]. The van der Waals surface area contributed by atoms with E-state index in [1.165, 1.54) is 38.5 Å². The average molecular weight is 582 g/mol. The third kappa shape index (κ3) is 13.3. The van der Waals surface area contributed by atoms with Gasteiger partial charge in [0.05, 0.1) is 39.3 Å². The molecule has 0 spiro atoms. The molecule has 8 heteroatoms. The smallest absolute Gasteiger partial charge is 0.496 e. The van der Waals surface area contributed by atoms with Crippen LogP contribution in [0.3, 0.4) is 0 Å². The number of rotatable bonds is 23. The summed E-state index contributed by atoms with van der Waals surface area (Å²) in [5.41, 5.74) is 0.346. The Labute approximate surface area is 262 Å². The van der Waals surface area contributed by atoms with Crippen molar-refractivity contribution in [3.63, 3.8) is 0 Å². The van der Waals surface area contributed by atoms with E-state index >= 15 is 0 Å². The van der Waals surface area contributed by atoms with Gasteiger partial charge >= 0.3 is 18.9 Å². The molecule has 0 aliphatic rings. The first-order chi connectivity index (χ1) is 19.6. The number of methoxy groups -OCH3 is 2. The summed E-state index contributed by atoms with van der Waals surface area (Å²) >= 11 is 0. The molecule has 1 unspecified atom stereocenters. The van der Waals surface area contributed by atoms with Gasteiger partial charge in [0.2, 0.25) is 0 Å². The fourth-order valence-electron chi connectivity index (χ4n) is 4.39. The van der Waals surface area contributed by atoms with E-state index in [0.717, 1.165) is 49.6 Å². The van der Waals surface area contributed by atoms with Crippen LogP contribution < -0.4 is 47.8 Å². The van der Waals surface area contributed by atoms with E-state index in [2.05, 4.69) is 20.8 Å². The summed E-state index contributed by atoms with van der Waals surface area (Å²) in [7, 11) is 2.90. The van der Waals surface area contributed by atoms with E-state index in [1.807, 2.05) is 18.2 Å². The first-order valence-electron chi connectivity index (χ1n) is 15.2. The van der Waals surface area contributed by atoms with Crippen LogP contribution in [-0.4, -0.2) is 39.6 Å². The predicted molar refractivity (Wildman–Crippen MR) is 167 cm³/mol. The van der Waals surface area contributed by atoms with Gasteiger partial charge in [-0.25, -0.2) is 0 Å². The second kappa shape index (κ2) is 22.7. The summed E-state index contributed by atoms with van der Waals surface area (Å²) in [6.45, 7) is 8.41. The molecule has 0 aliphatic heterocycles. The van der Waals surface area contributed by atoms with Crippen molar-refractivity contribution < 1.29 is 47.3 Å². The number of ether oxygens (including phenoxy) is 5. The second-order valence-corrected chi connectivity index (χ2v) is 11.2. The second-order valence-electron chi connectivity index (χ2n) is 10.0. The van der Waals surface area contributed by atoms with Crippen LogP contribution in [0.4, 0.5) is 0 Å². The molecular weight excluding hydrogens is 530 g/mol. The van der Waals surface area contributed by atoms with Gasteiger partial charge in [0.25, 0.3) is 0 Å². The van der Waals surface area contributed by atoms with Gasteiger partial charge in [0, 0.05) is 12.1 Å². The first-order valence-corrected chi connectivity index (χ1v) is 16.2. The number of unbranched alkanes of at least 4 members (excludes halogenated alkanes) is 9. The Bertz CT molecular complexity index is 942. The van der Waals surface area contributed by atoms with E-state index in [0.29, 0.717) is 48.4 Å². The van der Waals surface area contributed by atoms with Crippen LogP contribution in [0.15, 0.2) is 30.3 Å². The summed E-state index contributed by atoms with van der Waals surface area (Å²) in [4.78, 5) is 13.8. The van der Waals surface area contributed by atoms with Gasteiger partial charge in [-0.15, -0.1) is 0 Å². The minimum absolute atomic E-state index is 0. The summed E-state index contributed by atoms with van der Waals surface area (Å²) in [6, 6.07) is 9.25. The third-order valence-electron chi connectivity index (χ3n) is 6.71. The molecule has 0 saturated carbocycles. The number of benzene rings is 2. The number of hydrogen-bond acceptors (Lipinski definition) is 6. The molecule has 41 heavy (non-hydrogen) atoms. The van der Waals surface area contributed by atoms with E-state index < -0.39 is 0 Å². The molecular formula is C33H51LiO6P+. The number of hydrogen-bond donors (Lipinski definition) is 0. The standard InChI is InChI=1S/C33H51O6P.Li/c1-6-9-12-15-21-37-26-24-29(38-22-16-13-10-7-2)32(30(25-26)39-23-17-14-11-8-3)40-33(34)31-27(35-4)19-18-20-28(31)36-5;/h18-20,24-25,40H,6-17,21-23H2,1-5H3;/q;+1. The molecule has 6 nitrogen and oxygen atoms in total. The Morgan fingerprint density at radius 1 is 0.634 bits per heavy atom. The molecule has 0 saturated heterocycles. The van der Waals surface area contributed by atoms with Crippen molar-refractivity contribution in [2.45, 2.75) is 97.8 Å². The zero-order chi connectivity index (χ0) is 29.0. The molecule has 0 bridgehead atoms. The molecule has 0 heterocycles.